The van der Waals surface area contributed by atoms with Gasteiger partial charge in [0.1, 0.15) is 0 Å². The van der Waals surface area contributed by atoms with Crippen LogP contribution in [0.4, 0.5) is 10.3 Å². The van der Waals surface area contributed by atoms with Crippen molar-refractivity contribution >= 4 is 32.9 Å². The molecule has 0 aliphatic heterocycles. The van der Waals surface area contributed by atoms with Gasteiger partial charge in [0.25, 0.3) is 0 Å². The van der Waals surface area contributed by atoms with Crippen molar-refractivity contribution < 1.29 is 0 Å². The zero-order valence-electron chi connectivity index (χ0n) is 18.2. The van der Waals surface area contributed by atoms with Gasteiger partial charge in [0.05, 0.1) is 11.4 Å². The second kappa shape index (κ2) is 12.7. The minimum atomic E-state index is 1.00. The van der Waals surface area contributed by atoms with Crippen molar-refractivity contribution in [1.29, 1.82) is 0 Å². The van der Waals surface area contributed by atoms with Crippen molar-refractivity contribution in [2.24, 2.45) is 0 Å². The summed E-state index contributed by atoms with van der Waals surface area (Å²) in [6.45, 7) is 6.48. The van der Waals surface area contributed by atoms with Crippen LogP contribution in [0.25, 0.3) is 22.5 Å². The Morgan fingerprint density at radius 3 is 1.67 bits per heavy atom. The molecule has 2 aromatic heterocycles. The van der Waals surface area contributed by atoms with Gasteiger partial charge in [0, 0.05) is 35.0 Å². The molecule has 2 N–H and O–H groups in total. The highest BCUT2D eigenvalue weighted by Gasteiger charge is 2.09. The van der Waals surface area contributed by atoms with Gasteiger partial charge in [-0.3, -0.25) is 0 Å². The molecular formula is C24H34N4S2. The lowest BCUT2D eigenvalue weighted by Crippen LogP contribution is -2.00. The molecule has 6 heteroatoms. The molecule has 0 unspecified atom stereocenters. The third-order valence-corrected chi connectivity index (χ3v) is 6.68. The lowest BCUT2D eigenvalue weighted by Gasteiger charge is -2.03. The molecule has 0 amide bonds. The first kappa shape index (κ1) is 22.8. The molecule has 0 radical (unpaired) electrons. The highest BCUT2D eigenvalue weighted by Crippen LogP contribution is 2.30. The maximum absolute atomic E-state index is 4.78. The van der Waals surface area contributed by atoms with E-state index in [0.717, 1.165) is 45.9 Å². The van der Waals surface area contributed by atoms with Crippen molar-refractivity contribution in [3.8, 4) is 22.5 Å². The molecule has 2 heterocycles. The van der Waals surface area contributed by atoms with Crippen LogP contribution in [0.3, 0.4) is 0 Å². The average molecular weight is 443 g/mol. The monoisotopic (exact) mass is 442 g/mol. The highest BCUT2D eigenvalue weighted by molar-refractivity contribution is 7.14. The normalized spacial score (nSPS) is 11.0. The molecule has 0 atom stereocenters. The average Bonchev–Trinajstić information content (AvgIpc) is 3.44. The van der Waals surface area contributed by atoms with Crippen LogP contribution < -0.4 is 10.6 Å². The SMILES string of the molecule is CCCCCCNc1nc(-c2cccc(-c3csc(NCCCCCC)n3)c2)cs1. The smallest absolute Gasteiger partial charge is 0.183 e. The lowest BCUT2D eigenvalue weighted by molar-refractivity contribution is 0.685. The van der Waals surface area contributed by atoms with Crippen LogP contribution in [-0.2, 0) is 0 Å². The fourth-order valence-electron chi connectivity index (χ4n) is 3.31. The fraction of sp³-hybridized carbons (Fsp3) is 0.500. The molecule has 0 saturated carbocycles. The largest absolute Gasteiger partial charge is 0.362 e. The number of hydrogen-bond acceptors (Lipinski definition) is 6. The maximum atomic E-state index is 4.78. The van der Waals surface area contributed by atoms with Crippen molar-refractivity contribution in [2.75, 3.05) is 23.7 Å². The van der Waals surface area contributed by atoms with Gasteiger partial charge in [-0.2, -0.15) is 0 Å². The van der Waals surface area contributed by atoms with Crippen LogP contribution in [0, 0.1) is 0 Å². The Morgan fingerprint density at radius 2 is 1.20 bits per heavy atom. The van der Waals surface area contributed by atoms with E-state index in [0.29, 0.717) is 0 Å². The molecule has 0 bridgehead atoms. The van der Waals surface area contributed by atoms with E-state index < -0.39 is 0 Å². The molecule has 1 aromatic carbocycles. The van der Waals surface area contributed by atoms with E-state index in [1.54, 1.807) is 22.7 Å². The van der Waals surface area contributed by atoms with Gasteiger partial charge in [-0.1, -0.05) is 70.6 Å². The number of benzene rings is 1. The highest BCUT2D eigenvalue weighted by atomic mass is 32.1. The Kier molecular flexibility index (Phi) is 9.64. The summed E-state index contributed by atoms with van der Waals surface area (Å²) >= 11 is 3.37. The minimum Gasteiger partial charge on any atom is -0.362 e. The Morgan fingerprint density at radius 1 is 0.700 bits per heavy atom. The minimum absolute atomic E-state index is 1.00. The molecule has 3 rings (SSSR count). The standard InChI is InChI=1S/C24H34N4S2/c1-3-5-7-9-14-25-23-27-21(17-29-23)19-12-11-13-20(16-19)22-18-30-24(28-22)26-15-10-8-6-4-2/h11-13,16-18H,3-10,14-15H2,1-2H3,(H,25,27)(H,26,28). The first-order valence-corrected chi connectivity index (χ1v) is 13.1. The number of hydrogen-bond donors (Lipinski definition) is 2. The maximum Gasteiger partial charge on any atom is 0.183 e. The Bertz CT molecular complexity index is 804. The van der Waals surface area contributed by atoms with Crippen LogP contribution in [0.1, 0.15) is 65.2 Å². The Balaban J connectivity index is 1.56. The summed E-state index contributed by atoms with van der Waals surface area (Å²) < 4.78 is 0. The van der Waals surface area contributed by atoms with E-state index in [9.17, 15) is 0 Å². The zero-order chi connectivity index (χ0) is 21.0. The van der Waals surface area contributed by atoms with E-state index >= 15 is 0 Å². The summed E-state index contributed by atoms with van der Waals surface area (Å²) in [7, 11) is 0. The number of unbranched alkanes of at least 4 members (excludes halogenated alkanes) is 6. The molecule has 0 saturated heterocycles. The summed E-state index contributed by atoms with van der Waals surface area (Å²) in [5, 5.41) is 13.2. The molecule has 0 fully saturated rings. The van der Waals surface area contributed by atoms with Gasteiger partial charge in [-0.05, 0) is 18.9 Å². The molecular weight excluding hydrogens is 408 g/mol. The summed E-state index contributed by atoms with van der Waals surface area (Å²) in [4.78, 5) is 9.56. The van der Waals surface area contributed by atoms with Crippen molar-refractivity contribution in [1.82, 2.24) is 9.97 Å². The van der Waals surface area contributed by atoms with Crippen LogP contribution in [-0.4, -0.2) is 23.1 Å². The van der Waals surface area contributed by atoms with Crippen LogP contribution >= 0.6 is 22.7 Å². The van der Waals surface area contributed by atoms with E-state index in [2.05, 4.69) is 59.5 Å². The number of nitrogens with one attached hydrogen (secondary N) is 2. The molecule has 162 valence electrons. The van der Waals surface area contributed by atoms with Crippen molar-refractivity contribution in [2.45, 2.75) is 65.2 Å². The number of nitrogens with zero attached hydrogens (tertiary/aromatic N) is 2. The number of aromatic nitrogens is 2. The predicted octanol–water partition coefficient (Wildman–Crippen LogP) is 7.92. The van der Waals surface area contributed by atoms with Crippen LogP contribution in [0.15, 0.2) is 35.0 Å². The van der Waals surface area contributed by atoms with E-state index in [4.69, 9.17) is 9.97 Å². The van der Waals surface area contributed by atoms with E-state index in [-0.39, 0.29) is 0 Å². The lowest BCUT2D eigenvalue weighted by atomic mass is 10.1. The van der Waals surface area contributed by atoms with Crippen molar-refractivity contribution in [3.63, 3.8) is 0 Å². The molecule has 0 spiro atoms. The summed E-state index contributed by atoms with van der Waals surface area (Å²) in [6.07, 6.45) is 10.1. The Hall–Kier alpha value is -1.92. The zero-order valence-corrected chi connectivity index (χ0v) is 19.9. The molecule has 30 heavy (non-hydrogen) atoms. The second-order valence-electron chi connectivity index (χ2n) is 7.63. The number of rotatable bonds is 14. The van der Waals surface area contributed by atoms with Gasteiger partial charge in [0.15, 0.2) is 10.3 Å². The second-order valence-corrected chi connectivity index (χ2v) is 9.35. The first-order chi connectivity index (χ1) is 14.8. The summed E-state index contributed by atoms with van der Waals surface area (Å²) in [5.74, 6) is 0. The number of anilines is 2. The molecule has 0 aliphatic rings. The third kappa shape index (κ3) is 7.10. The summed E-state index contributed by atoms with van der Waals surface area (Å²) in [5.41, 5.74) is 4.35. The third-order valence-electron chi connectivity index (χ3n) is 5.08. The quantitative estimate of drug-likeness (QED) is 0.249. The van der Waals surface area contributed by atoms with Crippen LogP contribution in [0.2, 0.25) is 0 Å². The van der Waals surface area contributed by atoms with Gasteiger partial charge in [0.2, 0.25) is 0 Å². The van der Waals surface area contributed by atoms with Crippen LogP contribution in [0.5, 0.6) is 0 Å². The Labute approximate surface area is 189 Å². The first-order valence-electron chi connectivity index (χ1n) is 11.3. The van der Waals surface area contributed by atoms with Gasteiger partial charge in [-0.25, -0.2) is 9.97 Å². The van der Waals surface area contributed by atoms with E-state index in [1.165, 1.54) is 51.4 Å². The van der Waals surface area contributed by atoms with Gasteiger partial charge < -0.3 is 10.6 Å². The molecule has 3 aromatic rings. The topological polar surface area (TPSA) is 49.8 Å². The van der Waals surface area contributed by atoms with E-state index in [1.807, 2.05) is 0 Å². The molecule has 0 aliphatic carbocycles. The number of thiazole rings is 2. The summed E-state index contributed by atoms with van der Waals surface area (Å²) in [6, 6.07) is 8.55. The molecule has 4 nitrogen and oxygen atoms in total. The fourth-order valence-corrected chi connectivity index (χ4v) is 4.80. The van der Waals surface area contributed by atoms with Crippen molar-refractivity contribution in [3.05, 3.63) is 35.0 Å². The van der Waals surface area contributed by atoms with Gasteiger partial charge >= 0.3 is 0 Å². The van der Waals surface area contributed by atoms with Gasteiger partial charge in [-0.15, -0.1) is 22.7 Å². The predicted molar refractivity (Wildman–Crippen MR) is 134 cm³/mol.